The number of nitrogens with one attached hydrogen (secondary N) is 1. The minimum Gasteiger partial charge on any atom is -0.356 e. The van der Waals surface area contributed by atoms with Gasteiger partial charge in [0, 0.05) is 39.6 Å². The predicted octanol–water partition coefficient (Wildman–Crippen LogP) is 2.58. The molecule has 1 N–H and O–H groups in total. The largest absolute Gasteiger partial charge is 0.356 e. The summed E-state index contributed by atoms with van der Waals surface area (Å²) < 4.78 is 2.14. The molecule has 0 radical (unpaired) electrons. The summed E-state index contributed by atoms with van der Waals surface area (Å²) in [4.78, 5) is 6.52. The van der Waals surface area contributed by atoms with Crippen molar-refractivity contribution in [1.29, 1.82) is 0 Å². The van der Waals surface area contributed by atoms with Crippen LogP contribution in [0.15, 0.2) is 47.6 Å². The molecule has 0 unspecified atom stereocenters. The van der Waals surface area contributed by atoms with Crippen molar-refractivity contribution in [2.24, 2.45) is 12.0 Å². The van der Waals surface area contributed by atoms with E-state index in [9.17, 15) is 0 Å². The molecule has 1 aromatic carbocycles. The van der Waals surface area contributed by atoms with Gasteiger partial charge < -0.3 is 14.8 Å². The zero-order chi connectivity index (χ0) is 15.9. The van der Waals surface area contributed by atoms with Gasteiger partial charge in [-0.2, -0.15) is 0 Å². The van der Waals surface area contributed by atoms with E-state index >= 15 is 0 Å². The number of rotatable bonds is 5. The summed E-state index contributed by atoms with van der Waals surface area (Å²) >= 11 is 0. The molecule has 22 heavy (non-hydrogen) atoms. The molecule has 0 aliphatic heterocycles. The highest BCUT2D eigenvalue weighted by Crippen LogP contribution is 2.07. The average Bonchev–Trinajstić information content (AvgIpc) is 2.90. The van der Waals surface area contributed by atoms with Crippen LogP contribution in [0.25, 0.3) is 0 Å². The van der Waals surface area contributed by atoms with E-state index in [4.69, 9.17) is 0 Å². The maximum Gasteiger partial charge on any atom is 0.193 e. The number of nitrogens with zero attached hydrogens (tertiary/aromatic N) is 3. The Bertz CT molecular complexity index is 628. The smallest absolute Gasteiger partial charge is 0.193 e. The van der Waals surface area contributed by atoms with Crippen molar-refractivity contribution >= 4 is 5.96 Å². The van der Waals surface area contributed by atoms with Crippen LogP contribution in [0.2, 0.25) is 0 Å². The Morgan fingerprint density at radius 1 is 1.23 bits per heavy atom. The van der Waals surface area contributed by atoms with Gasteiger partial charge >= 0.3 is 0 Å². The van der Waals surface area contributed by atoms with Gasteiger partial charge in [0.25, 0.3) is 0 Å². The number of aliphatic imine (C=N–C) groups is 1. The summed E-state index contributed by atoms with van der Waals surface area (Å²) in [5, 5.41) is 3.44. The van der Waals surface area contributed by atoms with E-state index < -0.39 is 0 Å². The van der Waals surface area contributed by atoms with E-state index in [1.54, 1.807) is 0 Å². The number of hydrogen-bond acceptors (Lipinski definition) is 1. The quantitative estimate of drug-likeness (QED) is 0.680. The molecule has 0 saturated carbocycles. The fourth-order valence-corrected chi connectivity index (χ4v) is 2.56. The second-order valence-electron chi connectivity index (χ2n) is 5.62. The normalized spacial score (nSPS) is 11.5. The zero-order valence-electron chi connectivity index (χ0n) is 14.0. The molecule has 0 aliphatic carbocycles. The van der Waals surface area contributed by atoms with Crippen molar-refractivity contribution < 1.29 is 0 Å². The molecule has 1 aromatic heterocycles. The zero-order valence-corrected chi connectivity index (χ0v) is 14.0. The molecule has 2 aromatic rings. The molecule has 0 fully saturated rings. The Labute approximate surface area is 133 Å². The van der Waals surface area contributed by atoms with E-state index in [1.165, 1.54) is 16.8 Å². The molecular weight excluding hydrogens is 272 g/mol. The first kappa shape index (κ1) is 16.1. The van der Waals surface area contributed by atoms with Crippen LogP contribution in [0.4, 0.5) is 0 Å². The molecule has 0 amide bonds. The van der Waals surface area contributed by atoms with Gasteiger partial charge in [-0.15, -0.1) is 0 Å². The van der Waals surface area contributed by atoms with E-state index in [-0.39, 0.29) is 0 Å². The number of benzene rings is 1. The van der Waals surface area contributed by atoms with Crippen LogP contribution in [0.5, 0.6) is 0 Å². The summed E-state index contributed by atoms with van der Waals surface area (Å²) in [6, 6.07) is 12.7. The SMILES string of the molecule is CN=C(NCCc1ccccc1C)N(C)Cc1cccn1C. The standard InChI is InChI=1S/C18H26N4/c1-15-8-5-6-9-16(15)11-12-20-18(19-2)22(4)14-17-10-7-13-21(17)3/h5-10,13H,11-12,14H2,1-4H3,(H,19,20). The highest BCUT2D eigenvalue weighted by Gasteiger charge is 2.08. The summed E-state index contributed by atoms with van der Waals surface area (Å²) in [5.41, 5.74) is 4.00. The molecule has 2 rings (SSSR count). The highest BCUT2D eigenvalue weighted by molar-refractivity contribution is 5.79. The molecule has 118 valence electrons. The van der Waals surface area contributed by atoms with E-state index in [0.29, 0.717) is 0 Å². The fourth-order valence-electron chi connectivity index (χ4n) is 2.56. The van der Waals surface area contributed by atoms with Gasteiger partial charge in [0.1, 0.15) is 0 Å². The Hall–Kier alpha value is -2.23. The first-order valence-electron chi connectivity index (χ1n) is 7.68. The van der Waals surface area contributed by atoms with Gasteiger partial charge in [0.15, 0.2) is 5.96 Å². The molecule has 1 heterocycles. The van der Waals surface area contributed by atoms with Crippen molar-refractivity contribution in [2.45, 2.75) is 19.9 Å². The monoisotopic (exact) mass is 298 g/mol. The van der Waals surface area contributed by atoms with E-state index in [0.717, 1.165) is 25.5 Å². The Morgan fingerprint density at radius 3 is 2.64 bits per heavy atom. The van der Waals surface area contributed by atoms with Gasteiger partial charge in [-0.25, -0.2) is 0 Å². The van der Waals surface area contributed by atoms with Crippen LogP contribution < -0.4 is 5.32 Å². The van der Waals surface area contributed by atoms with Crippen LogP contribution in [0.1, 0.15) is 16.8 Å². The van der Waals surface area contributed by atoms with Crippen molar-refractivity contribution in [1.82, 2.24) is 14.8 Å². The third-order valence-electron chi connectivity index (χ3n) is 3.96. The van der Waals surface area contributed by atoms with Crippen LogP contribution in [-0.4, -0.2) is 36.1 Å². The van der Waals surface area contributed by atoms with Crippen LogP contribution in [0, 0.1) is 6.92 Å². The second kappa shape index (κ2) is 7.69. The average molecular weight is 298 g/mol. The molecule has 0 spiro atoms. The van der Waals surface area contributed by atoms with E-state index in [1.807, 2.05) is 7.05 Å². The van der Waals surface area contributed by atoms with Gasteiger partial charge in [0.2, 0.25) is 0 Å². The fraction of sp³-hybridized carbons (Fsp3) is 0.389. The highest BCUT2D eigenvalue weighted by atomic mass is 15.3. The predicted molar refractivity (Wildman–Crippen MR) is 93.1 cm³/mol. The van der Waals surface area contributed by atoms with Gasteiger partial charge in [-0.1, -0.05) is 24.3 Å². The molecular formula is C18H26N4. The molecule has 0 atom stereocenters. The first-order valence-corrected chi connectivity index (χ1v) is 7.68. The summed E-state index contributed by atoms with van der Waals surface area (Å²) in [7, 11) is 5.96. The lowest BCUT2D eigenvalue weighted by molar-refractivity contribution is 0.462. The topological polar surface area (TPSA) is 32.6 Å². The Morgan fingerprint density at radius 2 is 2.00 bits per heavy atom. The molecule has 0 aliphatic rings. The van der Waals surface area contributed by atoms with Crippen molar-refractivity contribution in [2.75, 3.05) is 20.6 Å². The van der Waals surface area contributed by atoms with Gasteiger partial charge in [-0.05, 0) is 36.6 Å². The third-order valence-corrected chi connectivity index (χ3v) is 3.96. The molecule has 4 heteroatoms. The Kier molecular flexibility index (Phi) is 5.64. The van der Waals surface area contributed by atoms with E-state index in [2.05, 4.69) is 83.4 Å². The third kappa shape index (κ3) is 4.13. The van der Waals surface area contributed by atoms with Crippen molar-refractivity contribution in [3.05, 3.63) is 59.4 Å². The van der Waals surface area contributed by atoms with Crippen LogP contribution >= 0.6 is 0 Å². The maximum absolute atomic E-state index is 4.37. The number of aryl methyl sites for hydroxylation is 2. The van der Waals surface area contributed by atoms with Crippen molar-refractivity contribution in [3.63, 3.8) is 0 Å². The Balaban J connectivity index is 1.87. The number of aromatic nitrogens is 1. The first-order chi connectivity index (χ1) is 10.6. The lowest BCUT2D eigenvalue weighted by atomic mass is 10.1. The lowest BCUT2D eigenvalue weighted by Crippen LogP contribution is -2.39. The summed E-state index contributed by atoms with van der Waals surface area (Å²) in [5.74, 6) is 0.926. The molecule has 4 nitrogen and oxygen atoms in total. The van der Waals surface area contributed by atoms with Gasteiger partial charge in [-0.3, -0.25) is 4.99 Å². The van der Waals surface area contributed by atoms with Gasteiger partial charge in [0.05, 0.1) is 6.54 Å². The minimum absolute atomic E-state index is 0.841. The van der Waals surface area contributed by atoms with Crippen molar-refractivity contribution in [3.8, 4) is 0 Å². The minimum atomic E-state index is 0.841. The molecule has 0 bridgehead atoms. The lowest BCUT2D eigenvalue weighted by Gasteiger charge is -2.22. The van der Waals surface area contributed by atoms with Crippen LogP contribution in [0.3, 0.4) is 0 Å². The molecule has 0 saturated heterocycles. The van der Waals surface area contributed by atoms with Crippen LogP contribution in [-0.2, 0) is 20.0 Å². The summed E-state index contributed by atoms with van der Waals surface area (Å²) in [6.07, 6.45) is 3.07. The second-order valence-corrected chi connectivity index (χ2v) is 5.62. The summed E-state index contributed by atoms with van der Waals surface area (Å²) in [6.45, 7) is 3.88. The number of hydrogen-bond donors (Lipinski definition) is 1. The maximum atomic E-state index is 4.37. The number of guanidine groups is 1.